The largest absolute Gasteiger partial charge is 0.486 e. The highest BCUT2D eigenvalue weighted by molar-refractivity contribution is 5.93. The molecule has 3 aromatic carbocycles. The number of carbonyl (C=O) groups is 1. The third-order valence-electron chi connectivity index (χ3n) is 6.36. The van der Waals surface area contributed by atoms with Gasteiger partial charge in [-0.3, -0.25) is 4.79 Å². The highest BCUT2D eigenvalue weighted by Gasteiger charge is 2.16. The molecule has 7 heteroatoms. The van der Waals surface area contributed by atoms with Crippen LogP contribution in [-0.4, -0.2) is 40.4 Å². The molecule has 184 valence electrons. The van der Waals surface area contributed by atoms with E-state index in [9.17, 15) is 4.79 Å². The quantitative estimate of drug-likeness (QED) is 0.309. The maximum absolute atomic E-state index is 12.7. The number of hydrogen-bond donors (Lipinski definition) is 2. The molecular weight excluding hydrogens is 464 g/mol. The molecule has 1 amide bonds. The van der Waals surface area contributed by atoms with Crippen molar-refractivity contribution in [1.82, 2.24) is 20.1 Å². The molecule has 1 aliphatic rings. The molecule has 0 aliphatic carbocycles. The van der Waals surface area contributed by atoms with Crippen LogP contribution in [-0.2, 0) is 11.2 Å². The second-order valence-electron chi connectivity index (χ2n) is 8.81. The standard InChI is InChI=1S/C30H26N4O3/c35-29(31-15-14-22-19-32-26-9-5-4-8-25(22)26)13-11-23-20-34(24-6-2-1-3-7-24)33-30(23)21-10-12-27-28(18-21)37-17-16-36-27/h1-13,18-20,32H,14-17H2,(H,31,35). The Balaban J connectivity index is 1.21. The number of ether oxygens (including phenoxy) is 2. The van der Waals surface area contributed by atoms with E-state index in [1.165, 1.54) is 10.9 Å². The van der Waals surface area contributed by atoms with Crippen LogP contribution in [0.1, 0.15) is 11.1 Å². The van der Waals surface area contributed by atoms with Crippen molar-refractivity contribution in [3.63, 3.8) is 0 Å². The van der Waals surface area contributed by atoms with E-state index in [4.69, 9.17) is 14.6 Å². The van der Waals surface area contributed by atoms with Gasteiger partial charge < -0.3 is 19.8 Å². The van der Waals surface area contributed by atoms with Gasteiger partial charge in [-0.25, -0.2) is 4.68 Å². The summed E-state index contributed by atoms with van der Waals surface area (Å²) < 4.78 is 13.3. The minimum absolute atomic E-state index is 0.152. The van der Waals surface area contributed by atoms with Gasteiger partial charge in [0, 0.05) is 47.0 Å². The van der Waals surface area contributed by atoms with Gasteiger partial charge in [0.15, 0.2) is 11.5 Å². The first-order valence-corrected chi connectivity index (χ1v) is 12.3. The van der Waals surface area contributed by atoms with E-state index in [2.05, 4.69) is 22.4 Å². The predicted octanol–water partition coefficient (Wildman–Crippen LogP) is 5.16. The summed E-state index contributed by atoms with van der Waals surface area (Å²) in [5, 5.41) is 9.01. The van der Waals surface area contributed by atoms with Gasteiger partial charge in [-0.1, -0.05) is 36.4 Å². The van der Waals surface area contributed by atoms with Crippen molar-refractivity contribution in [3.8, 4) is 28.4 Å². The van der Waals surface area contributed by atoms with E-state index in [0.29, 0.717) is 25.5 Å². The van der Waals surface area contributed by atoms with E-state index in [-0.39, 0.29) is 5.91 Å². The lowest BCUT2D eigenvalue weighted by Gasteiger charge is -2.18. The van der Waals surface area contributed by atoms with E-state index in [1.54, 1.807) is 12.2 Å². The predicted molar refractivity (Wildman–Crippen MR) is 144 cm³/mol. The number of H-pyrrole nitrogens is 1. The van der Waals surface area contributed by atoms with Crippen LogP contribution < -0.4 is 14.8 Å². The highest BCUT2D eigenvalue weighted by atomic mass is 16.6. The lowest BCUT2D eigenvalue weighted by atomic mass is 10.1. The average molecular weight is 491 g/mol. The van der Waals surface area contributed by atoms with Crippen molar-refractivity contribution in [3.05, 3.63) is 102 Å². The smallest absolute Gasteiger partial charge is 0.244 e. The van der Waals surface area contributed by atoms with E-state index in [1.807, 2.05) is 77.7 Å². The number of hydrogen-bond acceptors (Lipinski definition) is 4. The summed E-state index contributed by atoms with van der Waals surface area (Å²) in [7, 11) is 0. The first-order valence-electron chi connectivity index (χ1n) is 12.3. The van der Waals surface area contributed by atoms with Gasteiger partial charge in [0.1, 0.15) is 18.9 Å². The summed E-state index contributed by atoms with van der Waals surface area (Å²) in [5.74, 6) is 1.27. The molecule has 2 aromatic heterocycles. The molecule has 0 unspecified atom stereocenters. The lowest BCUT2D eigenvalue weighted by molar-refractivity contribution is -0.116. The van der Waals surface area contributed by atoms with Crippen LogP contribution in [0.25, 0.3) is 33.9 Å². The number of benzene rings is 3. The molecule has 0 radical (unpaired) electrons. The molecule has 7 nitrogen and oxygen atoms in total. The van der Waals surface area contributed by atoms with Crippen molar-refractivity contribution in [2.75, 3.05) is 19.8 Å². The van der Waals surface area contributed by atoms with E-state index < -0.39 is 0 Å². The SMILES string of the molecule is O=C(C=Cc1cn(-c2ccccc2)nc1-c1ccc2c(c1)OCCO2)NCCc1c[nH]c2ccccc12. The molecule has 0 bridgehead atoms. The molecule has 0 saturated heterocycles. The van der Waals surface area contributed by atoms with Crippen LogP contribution in [0.4, 0.5) is 0 Å². The van der Waals surface area contributed by atoms with Gasteiger partial charge in [-0.2, -0.15) is 5.10 Å². The molecule has 0 fully saturated rings. The highest BCUT2D eigenvalue weighted by Crippen LogP contribution is 2.35. The maximum atomic E-state index is 12.7. The number of amides is 1. The molecule has 3 heterocycles. The number of para-hydroxylation sites is 2. The number of nitrogens with one attached hydrogen (secondary N) is 2. The van der Waals surface area contributed by atoms with Crippen LogP contribution in [0.15, 0.2) is 91.3 Å². The first-order chi connectivity index (χ1) is 18.2. The van der Waals surface area contributed by atoms with Crippen molar-refractivity contribution in [1.29, 1.82) is 0 Å². The second-order valence-corrected chi connectivity index (χ2v) is 8.81. The molecule has 0 saturated carbocycles. The topological polar surface area (TPSA) is 81.2 Å². The van der Waals surface area contributed by atoms with Crippen molar-refractivity contribution in [2.24, 2.45) is 0 Å². The maximum Gasteiger partial charge on any atom is 0.244 e. The number of aromatic nitrogens is 3. The average Bonchev–Trinajstić information content (AvgIpc) is 3.57. The Hall–Kier alpha value is -4.78. The molecule has 5 aromatic rings. The summed E-state index contributed by atoms with van der Waals surface area (Å²) >= 11 is 0. The molecule has 37 heavy (non-hydrogen) atoms. The van der Waals surface area contributed by atoms with Gasteiger partial charge in [-0.05, 0) is 54.5 Å². The summed E-state index contributed by atoms with van der Waals surface area (Å²) in [6, 6.07) is 23.9. The van der Waals surface area contributed by atoms with Gasteiger partial charge in [0.05, 0.1) is 5.69 Å². The van der Waals surface area contributed by atoms with Crippen molar-refractivity contribution in [2.45, 2.75) is 6.42 Å². The van der Waals surface area contributed by atoms with Crippen molar-refractivity contribution < 1.29 is 14.3 Å². The summed E-state index contributed by atoms with van der Waals surface area (Å²) in [5.41, 5.74) is 5.69. The number of rotatable bonds is 7. The minimum Gasteiger partial charge on any atom is -0.486 e. The molecule has 1 aliphatic heterocycles. The number of carbonyl (C=O) groups excluding carboxylic acids is 1. The number of aromatic amines is 1. The molecule has 2 N–H and O–H groups in total. The zero-order valence-corrected chi connectivity index (χ0v) is 20.2. The van der Waals surface area contributed by atoms with Crippen LogP contribution in [0.2, 0.25) is 0 Å². The monoisotopic (exact) mass is 490 g/mol. The second kappa shape index (κ2) is 10.1. The third-order valence-corrected chi connectivity index (χ3v) is 6.36. The van der Waals surface area contributed by atoms with Crippen LogP contribution >= 0.6 is 0 Å². The number of fused-ring (bicyclic) bond motifs is 2. The summed E-state index contributed by atoms with van der Waals surface area (Å²) in [6.45, 7) is 1.60. The van der Waals surface area contributed by atoms with Crippen molar-refractivity contribution >= 4 is 22.9 Å². The molecule has 6 rings (SSSR count). The van der Waals surface area contributed by atoms with Gasteiger partial charge in [-0.15, -0.1) is 0 Å². The van der Waals surface area contributed by atoms with E-state index in [0.717, 1.165) is 40.2 Å². The van der Waals surface area contributed by atoms with Gasteiger partial charge in [0.2, 0.25) is 5.91 Å². The van der Waals surface area contributed by atoms with Crippen LogP contribution in [0, 0.1) is 0 Å². The Morgan fingerprint density at radius 3 is 2.70 bits per heavy atom. The zero-order chi connectivity index (χ0) is 25.0. The minimum atomic E-state index is -0.152. The fraction of sp³-hybridized carbons (Fsp3) is 0.133. The Labute approximate surface area is 214 Å². The Morgan fingerprint density at radius 2 is 1.81 bits per heavy atom. The normalized spacial score (nSPS) is 12.8. The Bertz CT molecular complexity index is 1580. The first kappa shape index (κ1) is 22.7. The fourth-order valence-electron chi connectivity index (χ4n) is 4.52. The molecule has 0 spiro atoms. The molecule has 0 atom stereocenters. The molecular formula is C30H26N4O3. The van der Waals surface area contributed by atoms with Gasteiger partial charge >= 0.3 is 0 Å². The number of nitrogens with zero attached hydrogens (tertiary/aromatic N) is 2. The summed E-state index contributed by atoms with van der Waals surface area (Å²) in [4.78, 5) is 15.9. The Morgan fingerprint density at radius 1 is 1.00 bits per heavy atom. The van der Waals surface area contributed by atoms with E-state index >= 15 is 0 Å². The fourth-order valence-corrected chi connectivity index (χ4v) is 4.52. The van der Waals surface area contributed by atoms with Gasteiger partial charge in [0.25, 0.3) is 0 Å². The summed E-state index contributed by atoms with van der Waals surface area (Å²) in [6.07, 6.45) is 8.04. The third kappa shape index (κ3) is 4.84. The van der Waals surface area contributed by atoms with Crippen LogP contribution in [0.5, 0.6) is 11.5 Å². The Kier molecular flexibility index (Phi) is 6.17. The lowest BCUT2D eigenvalue weighted by Crippen LogP contribution is -2.23. The van der Waals surface area contributed by atoms with Crippen LogP contribution in [0.3, 0.4) is 0 Å². The zero-order valence-electron chi connectivity index (χ0n) is 20.2.